The lowest BCUT2D eigenvalue weighted by Crippen LogP contribution is -2.76. The number of hydrogen-bond acceptors (Lipinski definition) is 0. The van der Waals surface area contributed by atoms with E-state index in [1.165, 1.54) is 102 Å². The molecule has 1 unspecified atom stereocenters. The summed E-state index contributed by atoms with van der Waals surface area (Å²) in [7, 11) is -5.71. The third kappa shape index (κ3) is 5.78. The molecule has 14 rings (SSSR count). The molecule has 4 heteroatoms. The quantitative estimate of drug-likeness (QED) is 0.106. The summed E-state index contributed by atoms with van der Waals surface area (Å²) in [6, 6.07) is 105. The zero-order valence-corrected chi connectivity index (χ0v) is 40.5. The largest absolute Gasteiger partial charge is 0.309 e. The van der Waals surface area contributed by atoms with Crippen molar-refractivity contribution in [3.8, 4) is 22.5 Å². The van der Waals surface area contributed by atoms with Gasteiger partial charge in [0.25, 0.3) is 0 Å². The lowest BCUT2D eigenvalue weighted by atomic mass is 10.1. The number of para-hydroxylation sites is 3. The van der Waals surface area contributed by atoms with E-state index in [2.05, 4.69) is 288 Å². The molecule has 0 bridgehead atoms. The summed E-state index contributed by atoms with van der Waals surface area (Å²) in [6.45, 7) is 0. The van der Waals surface area contributed by atoms with Crippen molar-refractivity contribution in [2.45, 2.75) is 0 Å². The molecule has 0 N–H and O–H groups in total. The Hall–Kier alpha value is -8.55. The smallest absolute Gasteiger partial charge is 0.184 e. The van der Waals surface area contributed by atoms with Crippen LogP contribution >= 0.6 is 0 Å². The highest BCUT2D eigenvalue weighted by molar-refractivity contribution is 7.21. The summed E-state index contributed by atoms with van der Waals surface area (Å²) in [5.74, 6) is 0. The van der Waals surface area contributed by atoms with Gasteiger partial charge >= 0.3 is 0 Å². The Morgan fingerprint density at radius 2 is 0.814 bits per heavy atom. The van der Waals surface area contributed by atoms with E-state index in [0.717, 1.165) is 5.69 Å². The molecule has 0 spiro atoms. The van der Waals surface area contributed by atoms with Gasteiger partial charge in [-0.3, -0.25) is 0 Å². The molecule has 2 nitrogen and oxygen atoms in total. The first-order valence-corrected chi connectivity index (χ1v) is 28.3. The van der Waals surface area contributed by atoms with E-state index in [-0.39, 0.29) is 0 Å². The monoisotopic (exact) mass is 922 g/mol. The topological polar surface area (TPSA) is 9.86 Å². The predicted octanol–water partition coefficient (Wildman–Crippen LogP) is 10.6. The highest BCUT2D eigenvalue weighted by atomic mass is 28.3. The molecule has 0 saturated heterocycles. The van der Waals surface area contributed by atoms with Gasteiger partial charge < -0.3 is 9.13 Å². The van der Waals surface area contributed by atoms with Gasteiger partial charge in [-0.05, 0) is 89.0 Å². The molecule has 1 atom stereocenters. The number of nitrogens with zero attached hydrogens (tertiary/aromatic N) is 2. The Kier molecular flexibility index (Phi) is 9.28. The van der Waals surface area contributed by atoms with Gasteiger partial charge in [0.05, 0.1) is 22.1 Å². The molecule has 0 amide bonds. The average Bonchev–Trinajstić information content (AvgIpc) is 3.96. The van der Waals surface area contributed by atoms with E-state index < -0.39 is 16.1 Å². The molecular formula is C66H46N2Si2. The van der Waals surface area contributed by atoms with Gasteiger partial charge in [-0.25, -0.2) is 0 Å². The summed E-state index contributed by atoms with van der Waals surface area (Å²) in [5, 5.41) is 16.1. The number of aromatic nitrogens is 2. The van der Waals surface area contributed by atoms with Crippen LogP contribution in [0.1, 0.15) is 0 Å². The van der Waals surface area contributed by atoms with E-state index in [4.69, 9.17) is 0 Å². The molecule has 0 radical (unpaired) electrons. The van der Waals surface area contributed by atoms with E-state index in [1.807, 2.05) is 0 Å². The molecule has 1 aliphatic rings. The van der Waals surface area contributed by atoms with E-state index >= 15 is 0 Å². The van der Waals surface area contributed by atoms with Crippen molar-refractivity contribution in [1.29, 1.82) is 0 Å². The van der Waals surface area contributed by atoms with E-state index in [0.29, 0.717) is 0 Å². The van der Waals surface area contributed by atoms with Gasteiger partial charge in [-0.1, -0.05) is 243 Å². The maximum absolute atomic E-state index is 2.90. The highest BCUT2D eigenvalue weighted by Gasteiger charge is 2.48. The molecule has 1 aliphatic heterocycles. The lowest BCUT2D eigenvalue weighted by molar-refractivity contribution is 1.17. The Balaban J connectivity index is 1.05. The molecule has 70 heavy (non-hydrogen) atoms. The van der Waals surface area contributed by atoms with Crippen LogP contribution in [0.15, 0.2) is 279 Å². The summed E-state index contributed by atoms with van der Waals surface area (Å²) in [5.41, 5.74) is 9.84. The third-order valence-corrected chi connectivity index (χ3v) is 24.9. The number of fused-ring (bicyclic) bond motifs is 8. The van der Waals surface area contributed by atoms with E-state index in [9.17, 15) is 0 Å². The van der Waals surface area contributed by atoms with Gasteiger partial charge in [-0.15, -0.1) is 0 Å². The molecule has 328 valence electrons. The molecule has 0 fully saturated rings. The minimum Gasteiger partial charge on any atom is -0.309 e. The number of rotatable bonds is 8. The van der Waals surface area contributed by atoms with Gasteiger partial charge in [0.2, 0.25) is 0 Å². The SMILES string of the molecule is c1ccc(-c2cccc([Si]3(c4ccccc4)c4ccccc4-n4c5ccc(-n6c7ccccc7c7ccc([Si](c8ccccc8)(c8ccccc8)c8ccccc8)cc76)cc5c5cccc3c54)c2)cc1. The van der Waals surface area contributed by atoms with Crippen molar-refractivity contribution >= 4 is 101 Å². The molecule has 2 aromatic heterocycles. The third-order valence-electron chi connectivity index (χ3n) is 15.3. The normalized spacial score (nSPS) is 14.3. The minimum atomic E-state index is -2.90. The molecule has 0 aliphatic carbocycles. The first-order valence-electron chi connectivity index (χ1n) is 24.3. The lowest BCUT2D eigenvalue weighted by Gasteiger charge is -2.40. The second kappa shape index (κ2) is 16.0. The molecule has 11 aromatic carbocycles. The summed E-state index contributed by atoms with van der Waals surface area (Å²) in [4.78, 5) is 0. The van der Waals surface area contributed by atoms with Crippen molar-refractivity contribution in [3.05, 3.63) is 279 Å². The van der Waals surface area contributed by atoms with Crippen molar-refractivity contribution < 1.29 is 0 Å². The van der Waals surface area contributed by atoms with Gasteiger partial charge in [-0.2, -0.15) is 0 Å². The van der Waals surface area contributed by atoms with Crippen LogP contribution in [0.4, 0.5) is 0 Å². The van der Waals surface area contributed by atoms with Crippen LogP contribution < -0.4 is 41.5 Å². The Bertz CT molecular complexity index is 4010. The Morgan fingerprint density at radius 1 is 0.286 bits per heavy atom. The van der Waals surface area contributed by atoms with Crippen molar-refractivity contribution in [2.75, 3.05) is 0 Å². The second-order valence-electron chi connectivity index (χ2n) is 18.8. The summed E-state index contributed by atoms with van der Waals surface area (Å²) >= 11 is 0. The molecule has 13 aromatic rings. The van der Waals surface area contributed by atoms with Crippen LogP contribution in [-0.2, 0) is 0 Å². The number of benzene rings is 11. The second-order valence-corrected chi connectivity index (χ2v) is 26.3. The average molecular weight is 923 g/mol. The maximum Gasteiger partial charge on any atom is 0.184 e. The summed E-state index contributed by atoms with van der Waals surface area (Å²) < 4.78 is 5.12. The van der Waals surface area contributed by atoms with Crippen molar-refractivity contribution in [1.82, 2.24) is 9.13 Å². The van der Waals surface area contributed by atoms with Crippen LogP contribution in [0.5, 0.6) is 0 Å². The van der Waals surface area contributed by atoms with Crippen molar-refractivity contribution in [2.24, 2.45) is 0 Å². The molecule has 0 saturated carbocycles. The fraction of sp³-hybridized carbons (Fsp3) is 0. The van der Waals surface area contributed by atoms with Crippen LogP contribution in [0.2, 0.25) is 0 Å². The fourth-order valence-electron chi connectivity index (χ4n) is 12.5. The maximum atomic E-state index is 2.58. The first-order chi connectivity index (χ1) is 34.7. The predicted molar refractivity (Wildman–Crippen MR) is 301 cm³/mol. The van der Waals surface area contributed by atoms with Gasteiger partial charge in [0, 0.05) is 32.9 Å². The zero-order chi connectivity index (χ0) is 46.2. The van der Waals surface area contributed by atoms with Crippen LogP contribution in [0.3, 0.4) is 0 Å². The minimum absolute atomic E-state index is 1.15. The molecule has 3 heterocycles. The van der Waals surface area contributed by atoms with Gasteiger partial charge in [0.1, 0.15) is 0 Å². The van der Waals surface area contributed by atoms with Crippen LogP contribution in [-0.4, -0.2) is 25.3 Å². The zero-order valence-electron chi connectivity index (χ0n) is 38.5. The fourth-order valence-corrected chi connectivity index (χ4v) is 22.4. The number of hydrogen-bond donors (Lipinski definition) is 0. The highest BCUT2D eigenvalue weighted by Crippen LogP contribution is 2.39. The van der Waals surface area contributed by atoms with E-state index in [1.54, 1.807) is 0 Å². The first kappa shape index (κ1) is 40.5. The van der Waals surface area contributed by atoms with Crippen LogP contribution in [0.25, 0.3) is 66.1 Å². The standard InChI is InChI=1S/C66H46N2Si2/c1-6-22-47(23-7-1)48-24-20-33-54(44-48)70(53-31-14-5-15-32-53)64-38-19-18-37-62(64)68-61-43-40-49(45-59(61)58-35-21-39-65(70)66(58)68)67-60-36-17-16-34-56(60)57-42-41-55(46-63(57)67)69(50-25-8-2-9-26-50,51-27-10-3-11-28-51)52-29-12-4-13-30-52/h1-46H. The van der Waals surface area contributed by atoms with Crippen LogP contribution in [0, 0.1) is 0 Å². The Morgan fingerprint density at radius 3 is 1.53 bits per heavy atom. The Labute approximate surface area is 409 Å². The van der Waals surface area contributed by atoms with Gasteiger partial charge in [0.15, 0.2) is 16.1 Å². The molecular weight excluding hydrogens is 877 g/mol. The van der Waals surface area contributed by atoms with Crippen molar-refractivity contribution in [3.63, 3.8) is 0 Å². The summed E-state index contributed by atoms with van der Waals surface area (Å²) in [6.07, 6.45) is 0.